The predicted octanol–water partition coefficient (Wildman–Crippen LogP) is 2.36. The van der Waals surface area contributed by atoms with Gasteiger partial charge in [-0.15, -0.1) is 0 Å². The minimum absolute atomic E-state index is 0.162. The minimum Gasteiger partial charge on any atom is -0.350 e. The van der Waals surface area contributed by atoms with Gasteiger partial charge >= 0.3 is 0 Å². The van der Waals surface area contributed by atoms with Crippen LogP contribution in [0.2, 0.25) is 0 Å². The molecule has 0 bridgehead atoms. The Labute approximate surface area is 161 Å². The first-order valence-electron chi connectivity index (χ1n) is 8.79. The van der Waals surface area contributed by atoms with Gasteiger partial charge in [0.25, 0.3) is 11.1 Å². The number of amides is 2. The molecule has 2 atom stereocenters. The quantitative estimate of drug-likeness (QED) is 0.700. The van der Waals surface area contributed by atoms with Gasteiger partial charge in [0.05, 0.1) is 10.6 Å². The fourth-order valence-electron chi connectivity index (χ4n) is 3.35. The van der Waals surface area contributed by atoms with E-state index in [-0.39, 0.29) is 11.3 Å². The smallest absolute Gasteiger partial charge is 0.290 e. The number of aromatic nitrogens is 2. The van der Waals surface area contributed by atoms with Crippen LogP contribution in [0.1, 0.15) is 23.6 Å². The Bertz CT molecular complexity index is 887. The van der Waals surface area contributed by atoms with Crippen molar-refractivity contribution in [3.05, 3.63) is 58.8 Å². The molecule has 4 rings (SSSR count). The van der Waals surface area contributed by atoms with E-state index in [2.05, 4.69) is 50.2 Å². The zero-order valence-electron chi connectivity index (χ0n) is 14.5. The van der Waals surface area contributed by atoms with E-state index in [9.17, 15) is 9.59 Å². The lowest BCUT2D eigenvalue weighted by Gasteiger charge is -2.33. The number of rotatable bonds is 4. The zero-order valence-corrected chi connectivity index (χ0v) is 15.3. The van der Waals surface area contributed by atoms with Gasteiger partial charge < -0.3 is 10.6 Å². The van der Waals surface area contributed by atoms with Crippen LogP contribution in [-0.2, 0) is 4.79 Å². The van der Waals surface area contributed by atoms with Crippen molar-refractivity contribution in [2.24, 2.45) is 0 Å². The molecule has 0 spiro atoms. The number of nitrogens with one attached hydrogen (secondary N) is 3. The molecule has 3 N–H and O–H groups in total. The van der Waals surface area contributed by atoms with Gasteiger partial charge in [-0.3, -0.25) is 14.9 Å². The second-order valence-electron chi connectivity index (χ2n) is 6.42. The fourth-order valence-corrected chi connectivity index (χ4v) is 4.02. The summed E-state index contributed by atoms with van der Waals surface area (Å²) in [5.41, 5.74) is 1.88. The van der Waals surface area contributed by atoms with Crippen molar-refractivity contribution < 1.29 is 9.59 Å². The van der Waals surface area contributed by atoms with E-state index < -0.39 is 5.91 Å². The van der Waals surface area contributed by atoms with Crippen LogP contribution in [-0.4, -0.2) is 40.2 Å². The first-order valence-corrected chi connectivity index (χ1v) is 9.61. The number of hydrogen-bond acceptors (Lipinski definition) is 7. The van der Waals surface area contributed by atoms with Gasteiger partial charge in [0.1, 0.15) is 0 Å². The van der Waals surface area contributed by atoms with Crippen LogP contribution in [0.25, 0.3) is 6.08 Å². The Morgan fingerprint density at radius 2 is 2.04 bits per heavy atom. The molecule has 2 saturated heterocycles. The summed E-state index contributed by atoms with van der Waals surface area (Å²) in [7, 11) is 0. The summed E-state index contributed by atoms with van der Waals surface area (Å²) in [6.07, 6.45) is 4.28. The standard InChI is InChI=1S/C19H19N5O2S/c25-17-16(27-19(26)24-17)10-13-6-9-21-18(22-13)23-15-11-20-8-7-14(15)12-4-2-1-3-5-12/h1-6,9-10,14-15,20H,7-8,11H2,(H,21,22,23)(H,24,25,26). The van der Waals surface area contributed by atoms with Gasteiger partial charge in [0, 0.05) is 24.7 Å². The Kier molecular flexibility index (Phi) is 5.17. The van der Waals surface area contributed by atoms with Crippen molar-refractivity contribution in [3.8, 4) is 0 Å². The molecule has 1 aromatic heterocycles. The molecule has 0 radical (unpaired) electrons. The summed E-state index contributed by atoms with van der Waals surface area (Å²) in [6, 6.07) is 12.3. The van der Waals surface area contributed by atoms with Crippen molar-refractivity contribution in [1.82, 2.24) is 20.6 Å². The number of benzene rings is 1. The van der Waals surface area contributed by atoms with E-state index in [0.717, 1.165) is 31.3 Å². The van der Waals surface area contributed by atoms with E-state index in [1.165, 1.54) is 5.56 Å². The van der Waals surface area contributed by atoms with Crippen molar-refractivity contribution in [1.29, 1.82) is 0 Å². The zero-order chi connectivity index (χ0) is 18.6. The number of carbonyl (C=O) groups excluding carboxylic acids is 2. The summed E-state index contributed by atoms with van der Waals surface area (Å²) in [5.74, 6) is 0.485. The highest BCUT2D eigenvalue weighted by Gasteiger charge is 2.27. The molecule has 0 saturated carbocycles. The Morgan fingerprint density at radius 3 is 2.81 bits per heavy atom. The van der Waals surface area contributed by atoms with Gasteiger partial charge in [-0.2, -0.15) is 0 Å². The lowest BCUT2D eigenvalue weighted by molar-refractivity contribution is -0.115. The fraction of sp³-hybridized carbons (Fsp3) is 0.263. The number of nitrogens with zero attached hydrogens (tertiary/aromatic N) is 2. The van der Waals surface area contributed by atoms with Crippen LogP contribution >= 0.6 is 11.8 Å². The molecule has 27 heavy (non-hydrogen) atoms. The van der Waals surface area contributed by atoms with Gasteiger partial charge in [-0.1, -0.05) is 30.3 Å². The molecule has 2 amide bonds. The number of anilines is 1. The second kappa shape index (κ2) is 7.89. The van der Waals surface area contributed by atoms with E-state index in [4.69, 9.17) is 0 Å². The Morgan fingerprint density at radius 1 is 1.19 bits per heavy atom. The number of carbonyl (C=O) groups is 2. The van der Waals surface area contributed by atoms with E-state index in [0.29, 0.717) is 22.5 Å². The van der Waals surface area contributed by atoms with Crippen LogP contribution in [0, 0.1) is 0 Å². The summed E-state index contributed by atoms with van der Waals surface area (Å²) < 4.78 is 0. The third-order valence-corrected chi connectivity index (χ3v) is 5.43. The van der Waals surface area contributed by atoms with Gasteiger partial charge in [-0.05, 0) is 42.4 Å². The molecular weight excluding hydrogens is 362 g/mol. The molecule has 2 aliphatic heterocycles. The molecule has 7 nitrogen and oxygen atoms in total. The van der Waals surface area contributed by atoms with Gasteiger partial charge in [0.2, 0.25) is 5.95 Å². The van der Waals surface area contributed by atoms with E-state index in [1.54, 1.807) is 18.3 Å². The van der Waals surface area contributed by atoms with Crippen LogP contribution in [0.5, 0.6) is 0 Å². The topological polar surface area (TPSA) is 96.0 Å². The molecule has 138 valence electrons. The van der Waals surface area contributed by atoms with E-state index in [1.807, 2.05) is 6.07 Å². The molecule has 2 aromatic rings. The van der Waals surface area contributed by atoms with E-state index >= 15 is 0 Å². The average molecular weight is 381 g/mol. The SMILES string of the molecule is O=C1NC(=O)C(=Cc2ccnc(NC3CNCCC3c3ccccc3)n2)S1. The molecule has 8 heteroatoms. The van der Waals surface area contributed by atoms with Crippen molar-refractivity contribution in [2.45, 2.75) is 18.4 Å². The van der Waals surface area contributed by atoms with Gasteiger partial charge in [0.15, 0.2) is 0 Å². The molecule has 3 heterocycles. The normalized spacial score (nSPS) is 24.1. The first kappa shape index (κ1) is 17.7. The second-order valence-corrected chi connectivity index (χ2v) is 7.43. The lowest BCUT2D eigenvalue weighted by Crippen LogP contribution is -2.44. The summed E-state index contributed by atoms with van der Waals surface area (Å²) >= 11 is 0.878. The molecule has 0 aliphatic carbocycles. The maximum Gasteiger partial charge on any atom is 0.290 e. The molecule has 2 unspecified atom stereocenters. The number of thioether (sulfide) groups is 1. The van der Waals surface area contributed by atoms with Crippen molar-refractivity contribution in [3.63, 3.8) is 0 Å². The first-order chi connectivity index (χ1) is 13.2. The monoisotopic (exact) mass is 381 g/mol. The third-order valence-electron chi connectivity index (χ3n) is 4.62. The Balaban J connectivity index is 1.53. The third kappa shape index (κ3) is 4.17. The van der Waals surface area contributed by atoms with Crippen LogP contribution < -0.4 is 16.0 Å². The highest BCUT2D eigenvalue weighted by atomic mass is 32.2. The van der Waals surface area contributed by atoms with Gasteiger partial charge in [-0.25, -0.2) is 9.97 Å². The predicted molar refractivity (Wildman–Crippen MR) is 105 cm³/mol. The highest BCUT2D eigenvalue weighted by molar-refractivity contribution is 8.18. The van der Waals surface area contributed by atoms with Crippen LogP contribution in [0.15, 0.2) is 47.5 Å². The molecule has 2 aliphatic rings. The average Bonchev–Trinajstić information content (AvgIpc) is 3.00. The maximum absolute atomic E-state index is 11.7. The Hall–Kier alpha value is -2.71. The number of hydrogen-bond donors (Lipinski definition) is 3. The molecule has 2 fully saturated rings. The molecular formula is C19H19N5O2S. The minimum atomic E-state index is -0.390. The lowest BCUT2D eigenvalue weighted by atomic mass is 9.86. The highest BCUT2D eigenvalue weighted by Crippen LogP contribution is 2.28. The van der Waals surface area contributed by atoms with Crippen LogP contribution in [0.3, 0.4) is 0 Å². The van der Waals surface area contributed by atoms with Crippen LogP contribution in [0.4, 0.5) is 10.7 Å². The summed E-state index contributed by atoms with van der Waals surface area (Å²) in [5, 5.41) is 8.72. The van der Waals surface area contributed by atoms with Crippen molar-refractivity contribution in [2.75, 3.05) is 18.4 Å². The van der Waals surface area contributed by atoms with Crippen molar-refractivity contribution >= 4 is 34.9 Å². The molecule has 1 aromatic carbocycles. The largest absolute Gasteiger partial charge is 0.350 e. The maximum atomic E-state index is 11.7. The number of piperidine rings is 1. The summed E-state index contributed by atoms with van der Waals surface area (Å²) in [4.78, 5) is 32.1. The number of imide groups is 1. The summed E-state index contributed by atoms with van der Waals surface area (Å²) in [6.45, 7) is 1.80.